The van der Waals surface area contributed by atoms with Crippen molar-refractivity contribution in [2.75, 3.05) is 6.54 Å². The standard InChI is InChI=1S/C52H57N11O6/c53-22-12-11-21-41-47(64)61-44(25-34-28-55-39-19-9-7-17-37(34)39)50(67)60-42(23-32-13-3-1-4-14-32)48(65)59-43(24-33-15-5-2-6-16-33)49(66)62-45(26-35-29-56-40-20-10-8-18-38(35)40)51(68)63-46(52(69)58-41)27-36-30-54-31-57-36/h1-10,13-20,28-31,41-46,55-56H,11-12,21-27,53H2,(H,54,57)(H,58,69)(H,59,65)(H,60,67)(H,61,64)(H,62,66)(H,63,68)/t41-,42-,43+,44+,45-,46+/m0/s1. The summed E-state index contributed by atoms with van der Waals surface area (Å²) in [5, 5.41) is 19.1. The summed E-state index contributed by atoms with van der Waals surface area (Å²) in [4.78, 5) is 102. The second-order valence-corrected chi connectivity index (χ2v) is 17.4. The van der Waals surface area contributed by atoms with Gasteiger partial charge >= 0.3 is 0 Å². The van der Waals surface area contributed by atoms with Crippen molar-refractivity contribution in [1.82, 2.24) is 51.8 Å². The number of nitrogens with one attached hydrogen (secondary N) is 9. The molecule has 1 saturated heterocycles. The number of amides is 6. The Morgan fingerprint density at radius 2 is 0.812 bits per heavy atom. The van der Waals surface area contributed by atoms with Gasteiger partial charge in [-0.05, 0) is 60.2 Å². The van der Waals surface area contributed by atoms with Crippen molar-refractivity contribution >= 4 is 57.2 Å². The molecular weight excluding hydrogens is 875 g/mol. The lowest BCUT2D eigenvalue weighted by Gasteiger charge is -2.29. The number of aromatic nitrogens is 4. The minimum atomic E-state index is -1.27. The summed E-state index contributed by atoms with van der Waals surface area (Å²) in [5.41, 5.74) is 10.9. The van der Waals surface area contributed by atoms with Crippen LogP contribution in [0.5, 0.6) is 0 Å². The van der Waals surface area contributed by atoms with Crippen LogP contribution < -0.4 is 37.6 Å². The Hall–Kier alpha value is -8.05. The average Bonchev–Trinajstić information content (AvgIpc) is 4.14. The lowest BCUT2D eigenvalue weighted by Crippen LogP contribution is -2.62. The van der Waals surface area contributed by atoms with E-state index in [9.17, 15) is 28.8 Å². The van der Waals surface area contributed by atoms with E-state index in [1.54, 1.807) is 12.4 Å². The van der Waals surface area contributed by atoms with Crippen LogP contribution in [0.4, 0.5) is 0 Å². The van der Waals surface area contributed by atoms with Gasteiger partial charge in [0.25, 0.3) is 0 Å². The normalized spacial score (nSPS) is 21.1. The third-order valence-corrected chi connectivity index (χ3v) is 12.5. The van der Waals surface area contributed by atoms with Crippen LogP contribution in [0.2, 0.25) is 0 Å². The van der Waals surface area contributed by atoms with E-state index in [1.165, 1.54) is 12.5 Å². The van der Waals surface area contributed by atoms with Gasteiger partial charge in [0.05, 0.1) is 6.33 Å². The molecule has 4 aromatic carbocycles. The van der Waals surface area contributed by atoms with Gasteiger partial charge in [0, 0.05) is 78.2 Å². The van der Waals surface area contributed by atoms with E-state index in [0.29, 0.717) is 25.1 Å². The molecule has 11 N–H and O–H groups in total. The van der Waals surface area contributed by atoms with Crippen LogP contribution in [0, 0.1) is 0 Å². The highest BCUT2D eigenvalue weighted by Gasteiger charge is 2.36. The van der Waals surface area contributed by atoms with Crippen molar-refractivity contribution in [3.05, 3.63) is 162 Å². The third-order valence-electron chi connectivity index (χ3n) is 12.5. The number of hydrogen-bond acceptors (Lipinski definition) is 8. The molecule has 7 aromatic rings. The Morgan fingerprint density at radius 1 is 0.420 bits per heavy atom. The van der Waals surface area contributed by atoms with Crippen LogP contribution in [0.3, 0.4) is 0 Å². The molecule has 8 rings (SSSR count). The van der Waals surface area contributed by atoms with Crippen molar-refractivity contribution in [1.29, 1.82) is 0 Å². The van der Waals surface area contributed by atoms with Crippen molar-refractivity contribution in [3.63, 3.8) is 0 Å². The van der Waals surface area contributed by atoms with E-state index in [0.717, 1.165) is 44.1 Å². The number of imidazole rings is 1. The highest BCUT2D eigenvalue weighted by atomic mass is 16.2. The molecule has 0 spiro atoms. The summed E-state index contributed by atoms with van der Waals surface area (Å²) in [6.07, 6.45) is 7.69. The molecule has 6 amide bonds. The quantitative estimate of drug-likeness (QED) is 0.0724. The molecule has 0 radical (unpaired) electrons. The van der Waals surface area contributed by atoms with Crippen LogP contribution >= 0.6 is 0 Å². The summed E-state index contributed by atoms with van der Waals surface area (Å²) < 4.78 is 0. The number of para-hydroxylation sites is 2. The van der Waals surface area contributed by atoms with E-state index >= 15 is 0 Å². The SMILES string of the molecule is NCCCC[C@@H]1NC(=O)[C@@H](Cc2cnc[nH]2)NC(=O)[C@H](Cc2c[nH]c3ccccc23)NC(=O)[C@@H](Cc2ccccc2)NC(=O)[C@H](Cc2ccccc2)NC(=O)[C@@H](Cc2c[nH]c3ccccc23)NC1=O. The van der Waals surface area contributed by atoms with Gasteiger partial charge in [0.1, 0.15) is 36.3 Å². The van der Waals surface area contributed by atoms with Gasteiger partial charge in [-0.15, -0.1) is 0 Å². The minimum Gasteiger partial charge on any atom is -0.361 e. The van der Waals surface area contributed by atoms with Gasteiger partial charge in [0.15, 0.2) is 0 Å². The first-order chi connectivity index (χ1) is 33.6. The zero-order valence-electron chi connectivity index (χ0n) is 38.0. The van der Waals surface area contributed by atoms with Crippen LogP contribution in [0.15, 0.2) is 134 Å². The molecule has 356 valence electrons. The minimum absolute atomic E-state index is 0.000609. The topological polar surface area (TPSA) is 261 Å². The van der Waals surface area contributed by atoms with Gasteiger partial charge < -0.3 is 52.6 Å². The van der Waals surface area contributed by atoms with Crippen LogP contribution in [-0.4, -0.2) is 98.2 Å². The Bertz CT molecular complexity index is 2860. The van der Waals surface area contributed by atoms with Crippen molar-refractivity contribution in [3.8, 4) is 0 Å². The smallest absolute Gasteiger partial charge is 0.243 e. The predicted octanol–water partition coefficient (Wildman–Crippen LogP) is 2.94. The fourth-order valence-electron chi connectivity index (χ4n) is 8.80. The number of unbranched alkanes of at least 4 members (excludes halogenated alkanes) is 1. The molecule has 69 heavy (non-hydrogen) atoms. The fourth-order valence-corrected chi connectivity index (χ4v) is 8.80. The molecule has 6 atom stereocenters. The highest BCUT2D eigenvalue weighted by Crippen LogP contribution is 2.22. The first kappa shape index (κ1) is 47.4. The van der Waals surface area contributed by atoms with Crippen LogP contribution in [0.1, 0.15) is 47.2 Å². The van der Waals surface area contributed by atoms with E-state index in [4.69, 9.17) is 5.73 Å². The first-order valence-electron chi connectivity index (χ1n) is 23.3. The molecule has 17 heteroatoms. The zero-order chi connectivity index (χ0) is 48.1. The molecule has 1 aliphatic rings. The maximum atomic E-state index is 14.8. The van der Waals surface area contributed by atoms with Gasteiger partial charge in [0.2, 0.25) is 35.4 Å². The van der Waals surface area contributed by atoms with Gasteiger partial charge in [-0.25, -0.2) is 4.98 Å². The van der Waals surface area contributed by atoms with Gasteiger partial charge in [-0.2, -0.15) is 0 Å². The fraction of sp³-hybridized carbons (Fsp3) is 0.288. The molecule has 17 nitrogen and oxygen atoms in total. The number of carbonyl (C=O) groups is 6. The maximum absolute atomic E-state index is 14.8. The molecule has 0 bridgehead atoms. The maximum Gasteiger partial charge on any atom is 0.243 e. The third kappa shape index (κ3) is 12.3. The number of nitrogens with two attached hydrogens (primary N) is 1. The monoisotopic (exact) mass is 931 g/mol. The number of benzene rings is 4. The number of carbonyl (C=O) groups excluding carboxylic acids is 6. The summed E-state index contributed by atoms with van der Waals surface area (Å²) >= 11 is 0. The number of rotatable bonds is 14. The molecule has 1 aliphatic heterocycles. The second kappa shape index (κ2) is 22.6. The largest absolute Gasteiger partial charge is 0.361 e. The first-order valence-corrected chi connectivity index (χ1v) is 23.3. The van der Waals surface area contributed by atoms with Crippen molar-refractivity contribution < 1.29 is 28.8 Å². The van der Waals surface area contributed by atoms with E-state index < -0.39 is 71.7 Å². The number of H-pyrrole nitrogens is 3. The molecule has 0 unspecified atom stereocenters. The zero-order valence-corrected chi connectivity index (χ0v) is 38.0. The number of aromatic amines is 3. The Labute approximate surface area is 398 Å². The molecule has 0 aliphatic carbocycles. The van der Waals surface area contributed by atoms with E-state index in [2.05, 4.69) is 51.8 Å². The molecule has 4 heterocycles. The Kier molecular flexibility index (Phi) is 15.6. The number of nitrogens with zero attached hydrogens (tertiary/aromatic N) is 1. The number of fused-ring (bicyclic) bond motifs is 2. The second-order valence-electron chi connectivity index (χ2n) is 17.4. The predicted molar refractivity (Wildman–Crippen MR) is 261 cm³/mol. The lowest BCUT2D eigenvalue weighted by molar-refractivity contribution is -0.136. The van der Waals surface area contributed by atoms with Gasteiger partial charge in [-0.1, -0.05) is 97.1 Å². The summed E-state index contributed by atoms with van der Waals surface area (Å²) in [5.74, 6) is -4.01. The summed E-state index contributed by atoms with van der Waals surface area (Å²) in [6.45, 7) is 0.340. The summed E-state index contributed by atoms with van der Waals surface area (Å²) in [6, 6.07) is 25.9. The van der Waals surface area contributed by atoms with Crippen LogP contribution in [-0.2, 0) is 60.9 Å². The van der Waals surface area contributed by atoms with Crippen LogP contribution in [0.25, 0.3) is 21.8 Å². The molecule has 1 fully saturated rings. The Balaban J connectivity index is 1.20. The average molecular weight is 932 g/mol. The van der Waals surface area contributed by atoms with Crippen molar-refractivity contribution in [2.45, 2.75) is 87.6 Å². The highest BCUT2D eigenvalue weighted by molar-refractivity contribution is 5.99. The van der Waals surface area contributed by atoms with E-state index in [-0.39, 0.29) is 38.5 Å². The van der Waals surface area contributed by atoms with E-state index in [1.807, 2.05) is 109 Å². The molecular formula is C52H57N11O6. The Morgan fingerprint density at radius 3 is 1.25 bits per heavy atom. The molecule has 0 saturated carbocycles. The lowest BCUT2D eigenvalue weighted by atomic mass is 9.99. The molecule has 3 aromatic heterocycles. The summed E-state index contributed by atoms with van der Waals surface area (Å²) in [7, 11) is 0. The van der Waals surface area contributed by atoms with Gasteiger partial charge in [-0.3, -0.25) is 28.8 Å². The number of hydrogen-bond donors (Lipinski definition) is 10. The van der Waals surface area contributed by atoms with Crippen molar-refractivity contribution in [2.24, 2.45) is 5.73 Å².